The van der Waals surface area contributed by atoms with Gasteiger partial charge in [-0.25, -0.2) is 0 Å². The normalized spacial score (nSPS) is 12.0. The largest absolute Gasteiger partial charge is 0.336 e. The number of hydrogen-bond donors (Lipinski definition) is 0. The molecule has 0 unspecified atom stereocenters. The first-order valence-corrected chi connectivity index (χ1v) is 14.6. The second-order valence-corrected chi connectivity index (χ2v) is 14.4. The van der Waals surface area contributed by atoms with Gasteiger partial charge in [-0.1, -0.05) is 52.0 Å². The standard InChI is InChI=1S/C24H26INO5S/c1-17(2)19-5-9-21(10-6-19)25(22-11-7-20(8-12-22)18(3)4)31-32(29,30)24-15-13-23(14-16-24)26(27)28/h5-18H,1-4H3/q+1. The zero-order valence-electron chi connectivity index (χ0n) is 18.4. The zero-order chi connectivity index (χ0) is 23.5. The van der Waals surface area contributed by atoms with Gasteiger partial charge in [0.15, 0.2) is 7.14 Å². The molecule has 0 fully saturated rings. The molecule has 32 heavy (non-hydrogen) atoms. The third-order valence-corrected chi connectivity index (χ3v) is 12.3. The van der Waals surface area contributed by atoms with Gasteiger partial charge in [0.05, 0.1) is 9.82 Å². The molecular formula is C24H26INO5S+. The van der Waals surface area contributed by atoms with Gasteiger partial charge in [0, 0.05) is 12.1 Å². The molecule has 0 saturated heterocycles. The number of non-ortho nitro benzene ring substituents is 1. The van der Waals surface area contributed by atoms with Crippen LogP contribution in [0.5, 0.6) is 0 Å². The van der Waals surface area contributed by atoms with Crippen LogP contribution in [0.4, 0.5) is 5.69 Å². The summed E-state index contributed by atoms with van der Waals surface area (Å²) in [6, 6.07) is 20.6. The average molecular weight is 567 g/mol. The van der Waals surface area contributed by atoms with Gasteiger partial charge in [-0.05, 0) is 61.9 Å². The van der Waals surface area contributed by atoms with Crippen molar-refractivity contribution in [3.63, 3.8) is 0 Å². The van der Waals surface area contributed by atoms with E-state index in [1.54, 1.807) is 0 Å². The molecule has 0 atom stereocenters. The Morgan fingerprint density at radius 1 is 0.750 bits per heavy atom. The lowest BCUT2D eigenvalue weighted by atomic mass is 10.0. The van der Waals surface area contributed by atoms with Crippen LogP contribution in [0.1, 0.15) is 50.7 Å². The zero-order valence-corrected chi connectivity index (χ0v) is 21.3. The van der Waals surface area contributed by atoms with E-state index in [2.05, 4.69) is 27.7 Å². The molecule has 0 aliphatic heterocycles. The van der Waals surface area contributed by atoms with E-state index >= 15 is 0 Å². The highest BCUT2D eigenvalue weighted by molar-refractivity contribution is 7.86. The number of halogens is 1. The van der Waals surface area contributed by atoms with Crippen LogP contribution in [-0.4, -0.2) is 13.3 Å². The molecule has 0 saturated carbocycles. The fourth-order valence-corrected chi connectivity index (χ4v) is 9.86. The van der Waals surface area contributed by atoms with E-state index in [4.69, 9.17) is 2.51 Å². The Kier molecular flexibility index (Phi) is 7.68. The fraction of sp³-hybridized carbons (Fsp3) is 0.250. The summed E-state index contributed by atoms with van der Waals surface area (Å²) < 4.78 is 33.7. The molecule has 3 rings (SSSR count). The van der Waals surface area contributed by atoms with Gasteiger partial charge in [-0.15, -0.1) is 0 Å². The average Bonchev–Trinajstić information content (AvgIpc) is 2.77. The molecule has 0 spiro atoms. The fourth-order valence-electron chi connectivity index (χ4n) is 2.98. The van der Waals surface area contributed by atoms with Crippen LogP contribution in [-0.2, 0) is 12.6 Å². The summed E-state index contributed by atoms with van der Waals surface area (Å²) in [7, 11) is -4.10. The van der Waals surface area contributed by atoms with Crippen LogP contribution < -0.4 is 20.2 Å². The molecule has 3 aromatic rings. The Balaban J connectivity index is 2.00. The van der Waals surface area contributed by atoms with Crippen molar-refractivity contribution in [2.75, 3.05) is 0 Å². The first-order chi connectivity index (χ1) is 15.1. The molecule has 3 aromatic carbocycles. The molecule has 0 heterocycles. The lowest BCUT2D eigenvalue weighted by Gasteiger charge is -2.09. The van der Waals surface area contributed by atoms with Crippen molar-refractivity contribution in [1.29, 1.82) is 0 Å². The summed E-state index contributed by atoms with van der Waals surface area (Å²) >= 11 is -2.83. The topological polar surface area (TPSA) is 86.5 Å². The van der Waals surface area contributed by atoms with Crippen LogP contribution in [0.3, 0.4) is 0 Å². The Morgan fingerprint density at radius 3 is 1.50 bits per heavy atom. The van der Waals surface area contributed by atoms with Gasteiger partial charge in [-0.2, -0.15) is 8.42 Å². The molecule has 8 heteroatoms. The van der Waals surface area contributed by atoms with E-state index < -0.39 is 35.3 Å². The van der Waals surface area contributed by atoms with E-state index in [0.717, 1.165) is 18.3 Å². The van der Waals surface area contributed by atoms with Crippen LogP contribution in [0, 0.1) is 17.3 Å². The maximum absolute atomic E-state index is 13.1. The van der Waals surface area contributed by atoms with Crippen LogP contribution >= 0.6 is 0 Å². The van der Waals surface area contributed by atoms with Gasteiger partial charge in [0.1, 0.15) is 0 Å². The summed E-state index contributed by atoms with van der Waals surface area (Å²) in [5.74, 6) is 0.725. The minimum atomic E-state index is -4.10. The predicted molar refractivity (Wildman–Crippen MR) is 120 cm³/mol. The second kappa shape index (κ2) is 10.1. The Morgan fingerprint density at radius 2 is 1.16 bits per heavy atom. The molecule has 6 nitrogen and oxygen atoms in total. The lowest BCUT2D eigenvalue weighted by Crippen LogP contribution is -3.85. The number of rotatable bonds is 8. The van der Waals surface area contributed by atoms with E-state index in [-0.39, 0.29) is 10.6 Å². The summed E-state index contributed by atoms with van der Waals surface area (Å²) in [5.41, 5.74) is 2.16. The highest BCUT2D eigenvalue weighted by atomic mass is 127. The van der Waals surface area contributed by atoms with Gasteiger partial charge >= 0.3 is 30.4 Å². The third kappa shape index (κ3) is 5.73. The molecule has 0 amide bonds. The van der Waals surface area contributed by atoms with Gasteiger partial charge in [-0.3, -0.25) is 10.1 Å². The number of hydrogen-bond acceptors (Lipinski definition) is 5. The van der Waals surface area contributed by atoms with E-state index in [1.165, 1.54) is 24.3 Å². The number of nitro benzene ring substituents is 1. The van der Waals surface area contributed by atoms with Crippen LogP contribution in [0.25, 0.3) is 0 Å². The molecule has 0 bridgehead atoms. The predicted octanol–water partition coefficient (Wildman–Crippen LogP) is 2.83. The van der Waals surface area contributed by atoms with Crippen molar-refractivity contribution in [2.45, 2.75) is 44.4 Å². The highest BCUT2D eigenvalue weighted by Gasteiger charge is 2.38. The molecular weight excluding hydrogens is 541 g/mol. The Bertz CT molecular complexity index is 1120. The van der Waals surface area contributed by atoms with E-state index in [9.17, 15) is 18.5 Å². The molecule has 0 aliphatic carbocycles. The third-order valence-electron chi connectivity index (χ3n) is 4.95. The van der Waals surface area contributed by atoms with Crippen molar-refractivity contribution in [3.05, 3.63) is 101 Å². The minimum Gasteiger partial charge on any atom is -0.258 e. The van der Waals surface area contributed by atoms with E-state index in [0.29, 0.717) is 11.8 Å². The molecule has 0 N–H and O–H groups in total. The summed E-state index contributed by atoms with van der Waals surface area (Å²) in [6.45, 7) is 8.41. The van der Waals surface area contributed by atoms with Gasteiger partial charge in [0.25, 0.3) is 5.69 Å². The first-order valence-electron chi connectivity index (χ1n) is 10.2. The summed E-state index contributed by atoms with van der Waals surface area (Å²) in [6.07, 6.45) is 0. The number of nitrogens with zero attached hydrogens (tertiary/aromatic N) is 1. The summed E-state index contributed by atoms with van der Waals surface area (Å²) in [4.78, 5) is 10.2. The second-order valence-electron chi connectivity index (χ2n) is 7.93. The lowest BCUT2D eigenvalue weighted by molar-refractivity contribution is -1.03. The van der Waals surface area contributed by atoms with Crippen LogP contribution in [0.15, 0.2) is 77.7 Å². The van der Waals surface area contributed by atoms with Crippen molar-refractivity contribution in [2.24, 2.45) is 0 Å². The highest BCUT2D eigenvalue weighted by Crippen LogP contribution is 2.17. The Labute approximate surface area is 196 Å². The van der Waals surface area contributed by atoms with Gasteiger partial charge in [0.2, 0.25) is 0 Å². The summed E-state index contributed by atoms with van der Waals surface area (Å²) in [5, 5.41) is 10.9. The molecule has 0 aliphatic rings. The number of benzene rings is 3. The maximum atomic E-state index is 13.1. The first kappa shape index (κ1) is 24.3. The van der Waals surface area contributed by atoms with Gasteiger partial charge < -0.3 is 0 Å². The monoisotopic (exact) mass is 567 g/mol. The number of nitro groups is 1. The van der Waals surface area contributed by atoms with Crippen molar-refractivity contribution < 1.29 is 36.1 Å². The van der Waals surface area contributed by atoms with Crippen molar-refractivity contribution in [3.8, 4) is 0 Å². The van der Waals surface area contributed by atoms with E-state index in [1.807, 2.05) is 48.5 Å². The van der Waals surface area contributed by atoms with Crippen molar-refractivity contribution >= 4 is 15.8 Å². The molecule has 169 valence electrons. The SMILES string of the molecule is CC(C)c1ccc([I+](OS(=O)(=O)c2ccc([N+](=O)[O-])cc2)c2ccc(C(C)C)cc2)cc1. The molecule has 1 radical (unpaired) electrons. The van der Waals surface area contributed by atoms with Crippen LogP contribution in [0.2, 0.25) is 0 Å². The Hall–Kier alpha value is -2.30. The minimum absolute atomic E-state index is 0.0944. The maximum Gasteiger partial charge on any atom is 0.336 e. The van der Waals surface area contributed by atoms with Crippen molar-refractivity contribution in [1.82, 2.24) is 0 Å². The molecule has 0 aromatic heterocycles. The smallest absolute Gasteiger partial charge is 0.258 e. The quantitative estimate of drug-likeness (QED) is 0.238.